The molecule has 5 nitrogen and oxygen atoms in total. The number of rotatable bonds is 5. The van der Waals surface area contributed by atoms with Crippen LogP contribution in [0, 0.1) is 0 Å². The second-order valence-electron chi connectivity index (χ2n) is 4.48. The summed E-state index contributed by atoms with van der Waals surface area (Å²) in [5.74, 6) is 1.18. The van der Waals surface area contributed by atoms with Crippen molar-refractivity contribution in [3.63, 3.8) is 0 Å². The summed E-state index contributed by atoms with van der Waals surface area (Å²) in [5, 5.41) is 13.5. The van der Waals surface area contributed by atoms with E-state index in [1.54, 1.807) is 24.4 Å². The quantitative estimate of drug-likeness (QED) is 0.789. The van der Waals surface area contributed by atoms with Crippen LogP contribution in [0.25, 0.3) is 11.4 Å². The largest absolute Gasteiger partial charge is 0.507 e. The third-order valence-corrected chi connectivity index (χ3v) is 3.16. The number of benzene rings is 1. The zero-order chi connectivity index (χ0) is 14.5. The molecule has 106 valence electrons. The summed E-state index contributed by atoms with van der Waals surface area (Å²) in [4.78, 5) is 8.51. The Hall–Kier alpha value is -1.85. The molecule has 0 radical (unpaired) electrons. The number of aromatic hydroxyl groups is 1. The first kappa shape index (κ1) is 14.6. The van der Waals surface area contributed by atoms with Crippen LogP contribution in [0.4, 0.5) is 5.82 Å². The normalized spacial score (nSPS) is 12.2. The Morgan fingerprint density at radius 3 is 2.95 bits per heavy atom. The summed E-state index contributed by atoms with van der Waals surface area (Å²) in [6.45, 7) is 2.66. The van der Waals surface area contributed by atoms with Crippen molar-refractivity contribution in [1.82, 2.24) is 9.97 Å². The van der Waals surface area contributed by atoms with E-state index in [-0.39, 0.29) is 11.8 Å². The number of aromatic nitrogens is 2. The number of phenolic OH excluding ortho intramolecular Hbond substituents is 1. The molecule has 1 heterocycles. The summed E-state index contributed by atoms with van der Waals surface area (Å²) in [7, 11) is 0. The lowest BCUT2D eigenvalue weighted by molar-refractivity contribution is 0.477. The fourth-order valence-electron chi connectivity index (χ4n) is 1.65. The molecule has 20 heavy (non-hydrogen) atoms. The number of halogens is 1. The van der Waals surface area contributed by atoms with Gasteiger partial charge in [-0.25, -0.2) is 9.97 Å². The summed E-state index contributed by atoms with van der Waals surface area (Å²) >= 11 is 5.93. The second kappa shape index (κ2) is 6.54. The monoisotopic (exact) mass is 292 g/mol. The van der Waals surface area contributed by atoms with E-state index in [2.05, 4.69) is 15.3 Å². The highest BCUT2D eigenvalue weighted by Crippen LogP contribution is 2.29. The van der Waals surface area contributed by atoms with Crippen LogP contribution >= 0.6 is 11.6 Å². The standard InChI is InChI=1S/C14H17ClN4O/c1-2-10(16)8-18-13-5-6-17-14(19-13)11-7-9(15)3-4-12(11)20/h3-7,10,20H,2,8,16H2,1H3,(H,17,18,19)/t10-/m1/s1. The van der Waals surface area contributed by atoms with Gasteiger partial charge >= 0.3 is 0 Å². The van der Waals surface area contributed by atoms with E-state index < -0.39 is 0 Å². The first-order valence-corrected chi connectivity index (χ1v) is 6.79. The predicted octanol–water partition coefficient (Wildman–Crippen LogP) is 2.65. The fraction of sp³-hybridized carbons (Fsp3) is 0.286. The predicted molar refractivity (Wildman–Crippen MR) is 80.9 cm³/mol. The van der Waals surface area contributed by atoms with Crippen LogP contribution in [0.2, 0.25) is 5.02 Å². The second-order valence-corrected chi connectivity index (χ2v) is 4.91. The molecule has 0 aliphatic rings. The lowest BCUT2D eigenvalue weighted by Crippen LogP contribution is -2.28. The molecule has 0 amide bonds. The van der Waals surface area contributed by atoms with Crippen molar-refractivity contribution in [2.75, 3.05) is 11.9 Å². The van der Waals surface area contributed by atoms with Gasteiger partial charge in [-0.15, -0.1) is 0 Å². The number of phenols is 1. The Kier molecular flexibility index (Phi) is 4.76. The van der Waals surface area contributed by atoms with E-state index in [1.807, 2.05) is 6.92 Å². The van der Waals surface area contributed by atoms with Gasteiger partial charge in [0.25, 0.3) is 0 Å². The first-order chi connectivity index (χ1) is 9.60. The molecule has 0 unspecified atom stereocenters. The molecule has 1 aromatic carbocycles. The average molecular weight is 293 g/mol. The van der Waals surface area contributed by atoms with Gasteiger partial charge in [-0.05, 0) is 30.7 Å². The zero-order valence-electron chi connectivity index (χ0n) is 11.2. The molecular formula is C14H17ClN4O. The molecule has 0 aliphatic heterocycles. The van der Waals surface area contributed by atoms with Gasteiger partial charge < -0.3 is 16.2 Å². The molecule has 0 aliphatic carbocycles. The molecule has 4 N–H and O–H groups in total. The topological polar surface area (TPSA) is 84.1 Å². The Bertz CT molecular complexity index is 591. The van der Waals surface area contributed by atoms with Crippen molar-refractivity contribution in [1.29, 1.82) is 0 Å². The highest BCUT2D eigenvalue weighted by Gasteiger charge is 2.09. The van der Waals surface area contributed by atoms with E-state index in [0.29, 0.717) is 28.8 Å². The van der Waals surface area contributed by atoms with Crippen LogP contribution in [0.5, 0.6) is 5.75 Å². The van der Waals surface area contributed by atoms with Crippen molar-refractivity contribution in [2.45, 2.75) is 19.4 Å². The highest BCUT2D eigenvalue weighted by molar-refractivity contribution is 6.30. The average Bonchev–Trinajstić information content (AvgIpc) is 2.47. The molecule has 1 aromatic heterocycles. The minimum Gasteiger partial charge on any atom is -0.507 e. The van der Waals surface area contributed by atoms with Gasteiger partial charge in [0.1, 0.15) is 11.6 Å². The maximum Gasteiger partial charge on any atom is 0.165 e. The molecular weight excluding hydrogens is 276 g/mol. The molecule has 2 rings (SSSR count). The molecule has 0 saturated carbocycles. The Labute approximate surface area is 122 Å². The third-order valence-electron chi connectivity index (χ3n) is 2.92. The minimum absolute atomic E-state index is 0.0768. The zero-order valence-corrected chi connectivity index (χ0v) is 11.9. The minimum atomic E-state index is 0.0768. The lowest BCUT2D eigenvalue weighted by atomic mass is 10.2. The number of anilines is 1. The van der Waals surface area contributed by atoms with Crippen molar-refractivity contribution in [3.05, 3.63) is 35.5 Å². The SMILES string of the molecule is CC[C@@H](N)CNc1ccnc(-c2cc(Cl)ccc2O)n1. The van der Waals surface area contributed by atoms with Crippen molar-refractivity contribution >= 4 is 17.4 Å². The van der Waals surface area contributed by atoms with E-state index >= 15 is 0 Å². The number of nitrogens with zero attached hydrogens (tertiary/aromatic N) is 2. The molecule has 2 aromatic rings. The van der Waals surface area contributed by atoms with E-state index in [4.69, 9.17) is 17.3 Å². The molecule has 0 saturated heterocycles. The molecule has 0 fully saturated rings. The van der Waals surface area contributed by atoms with Gasteiger partial charge in [-0.3, -0.25) is 0 Å². The molecule has 1 atom stereocenters. The molecule has 0 spiro atoms. The maximum absolute atomic E-state index is 9.86. The Morgan fingerprint density at radius 1 is 1.40 bits per heavy atom. The van der Waals surface area contributed by atoms with Gasteiger partial charge in [-0.2, -0.15) is 0 Å². The smallest absolute Gasteiger partial charge is 0.165 e. The lowest BCUT2D eigenvalue weighted by Gasteiger charge is -2.11. The first-order valence-electron chi connectivity index (χ1n) is 6.41. The van der Waals surface area contributed by atoms with Crippen molar-refractivity contribution in [2.24, 2.45) is 5.73 Å². The summed E-state index contributed by atoms with van der Waals surface area (Å²) in [6, 6.07) is 6.60. The number of nitrogens with one attached hydrogen (secondary N) is 1. The van der Waals surface area contributed by atoms with Gasteiger partial charge in [0, 0.05) is 23.8 Å². The van der Waals surface area contributed by atoms with Crippen LogP contribution in [-0.4, -0.2) is 27.7 Å². The van der Waals surface area contributed by atoms with Crippen molar-refractivity contribution in [3.8, 4) is 17.1 Å². The third kappa shape index (κ3) is 3.59. The molecule has 0 bridgehead atoms. The van der Waals surface area contributed by atoms with Crippen LogP contribution < -0.4 is 11.1 Å². The van der Waals surface area contributed by atoms with Gasteiger partial charge in [-0.1, -0.05) is 18.5 Å². The van der Waals surface area contributed by atoms with Crippen LogP contribution in [-0.2, 0) is 0 Å². The fourth-order valence-corrected chi connectivity index (χ4v) is 1.83. The van der Waals surface area contributed by atoms with E-state index in [1.165, 1.54) is 6.07 Å². The maximum atomic E-state index is 9.86. The Morgan fingerprint density at radius 2 is 2.20 bits per heavy atom. The summed E-state index contributed by atoms with van der Waals surface area (Å²) in [6.07, 6.45) is 2.52. The molecule has 6 heteroatoms. The van der Waals surface area contributed by atoms with Gasteiger partial charge in [0.05, 0.1) is 5.56 Å². The van der Waals surface area contributed by atoms with E-state index in [0.717, 1.165) is 6.42 Å². The van der Waals surface area contributed by atoms with Crippen LogP contribution in [0.15, 0.2) is 30.5 Å². The van der Waals surface area contributed by atoms with Crippen LogP contribution in [0.3, 0.4) is 0 Å². The van der Waals surface area contributed by atoms with Crippen LogP contribution in [0.1, 0.15) is 13.3 Å². The highest BCUT2D eigenvalue weighted by atomic mass is 35.5. The Balaban J connectivity index is 2.23. The number of hydrogen-bond donors (Lipinski definition) is 3. The van der Waals surface area contributed by atoms with Crippen molar-refractivity contribution < 1.29 is 5.11 Å². The number of hydrogen-bond acceptors (Lipinski definition) is 5. The van der Waals surface area contributed by atoms with Gasteiger partial charge in [0.15, 0.2) is 5.82 Å². The summed E-state index contributed by atoms with van der Waals surface area (Å²) in [5.41, 5.74) is 6.35. The van der Waals surface area contributed by atoms with E-state index in [9.17, 15) is 5.11 Å². The van der Waals surface area contributed by atoms with Gasteiger partial charge in [0.2, 0.25) is 0 Å². The number of nitrogens with two attached hydrogens (primary N) is 1. The summed E-state index contributed by atoms with van der Waals surface area (Å²) < 4.78 is 0.